The number of rotatable bonds is 8. The van der Waals surface area contributed by atoms with E-state index in [-0.39, 0.29) is 30.9 Å². The van der Waals surface area contributed by atoms with E-state index in [1.807, 2.05) is 19.9 Å². The van der Waals surface area contributed by atoms with Gasteiger partial charge in [-0.1, -0.05) is 6.08 Å². The minimum absolute atomic E-state index is 0.0344. The largest absolute Gasteiger partial charge is 0.483 e. The first-order valence-electron chi connectivity index (χ1n) is 13.6. The lowest BCUT2D eigenvalue weighted by atomic mass is 9.83. The number of ether oxygens (including phenoxy) is 2. The number of nitrogens with zero attached hydrogens (tertiary/aromatic N) is 3. The molecule has 0 radical (unpaired) electrons. The second-order valence-electron chi connectivity index (χ2n) is 11.0. The first kappa shape index (κ1) is 29.3. The predicted octanol–water partition coefficient (Wildman–Crippen LogP) is 1.38. The Labute approximate surface area is 245 Å². The number of amides is 2. The maximum absolute atomic E-state index is 13.8. The fraction of sp³-hybridized carbons (Fsp3) is 0.333. The summed E-state index contributed by atoms with van der Waals surface area (Å²) in [6.45, 7) is 6.49. The van der Waals surface area contributed by atoms with Crippen LogP contribution in [-0.4, -0.2) is 49.1 Å². The quantitative estimate of drug-likeness (QED) is 0.172. The highest BCUT2D eigenvalue weighted by molar-refractivity contribution is 5.94. The van der Waals surface area contributed by atoms with Crippen molar-refractivity contribution in [2.45, 2.75) is 64.8 Å². The lowest BCUT2D eigenvalue weighted by Crippen LogP contribution is -2.46. The molecule has 0 bridgehead atoms. The van der Waals surface area contributed by atoms with Crippen LogP contribution in [0.15, 0.2) is 63.7 Å². The number of carbonyl (C=O) groups excluding carboxylic acids is 4. The molecule has 1 aromatic heterocycles. The number of esters is 1. The van der Waals surface area contributed by atoms with Gasteiger partial charge >= 0.3 is 17.3 Å². The highest BCUT2D eigenvalue weighted by Gasteiger charge is 2.44. The molecule has 3 N–H and O–H groups in total. The molecule has 2 aromatic carbocycles. The number of benzene rings is 2. The van der Waals surface area contributed by atoms with Crippen LogP contribution < -0.4 is 31.9 Å². The molecule has 2 unspecified atom stereocenters. The molecule has 13 heteroatoms. The Morgan fingerprint density at radius 1 is 1.07 bits per heavy atom. The van der Waals surface area contributed by atoms with Crippen LogP contribution in [0.4, 0.5) is 0 Å². The normalized spacial score (nSPS) is 16.8. The van der Waals surface area contributed by atoms with E-state index in [0.29, 0.717) is 22.6 Å². The van der Waals surface area contributed by atoms with Crippen molar-refractivity contribution in [3.63, 3.8) is 0 Å². The third kappa shape index (κ3) is 5.41. The van der Waals surface area contributed by atoms with E-state index in [1.165, 1.54) is 35.3 Å². The van der Waals surface area contributed by atoms with Gasteiger partial charge in [-0.25, -0.2) is 28.3 Å². The van der Waals surface area contributed by atoms with Crippen LogP contribution in [0.1, 0.15) is 62.5 Å². The van der Waals surface area contributed by atoms with Crippen molar-refractivity contribution < 1.29 is 28.7 Å². The summed E-state index contributed by atoms with van der Waals surface area (Å²) < 4.78 is 15.6. The molecule has 0 saturated carbocycles. The second-order valence-corrected chi connectivity index (χ2v) is 11.0. The smallest absolute Gasteiger partial charge is 0.352 e. The molecule has 2 aliphatic rings. The molecule has 0 saturated heterocycles. The van der Waals surface area contributed by atoms with Gasteiger partial charge in [-0.15, -0.1) is 0 Å². The number of nitrogens with one attached hydrogen (secondary N) is 1. The van der Waals surface area contributed by atoms with Gasteiger partial charge in [0.2, 0.25) is 11.8 Å². The molecule has 3 heterocycles. The molecule has 13 nitrogen and oxygen atoms in total. The molecule has 2 atom stereocenters. The average Bonchev–Trinajstić information content (AvgIpc) is 3.19. The zero-order valence-electron chi connectivity index (χ0n) is 24.1. The first-order valence-corrected chi connectivity index (χ1v) is 13.6. The van der Waals surface area contributed by atoms with Gasteiger partial charge in [-0.05, 0) is 69.2 Å². The van der Waals surface area contributed by atoms with Crippen molar-refractivity contribution in [1.29, 1.82) is 0 Å². The minimum Gasteiger partial charge on any atom is -0.483 e. The molecule has 0 spiro atoms. The summed E-state index contributed by atoms with van der Waals surface area (Å²) in [5.41, 5.74) is 5.33. The third-order valence-corrected chi connectivity index (χ3v) is 7.51. The molecule has 224 valence electrons. The van der Waals surface area contributed by atoms with Gasteiger partial charge in [-0.3, -0.25) is 14.4 Å². The van der Waals surface area contributed by atoms with Crippen molar-refractivity contribution in [2.24, 2.45) is 5.73 Å². The Balaban J connectivity index is 1.53. The van der Waals surface area contributed by atoms with E-state index in [9.17, 15) is 28.8 Å². The summed E-state index contributed by atoms with van der Waals surface area (Å²) in [4.78, 5) is 74.8. The van der Waals surface area contributed by atoms with E-state index in [0.717, 1.165) is 10.1 Å². The standard InChI is InChI=1S/C30H31N5O8/c1-16(36)18-5-7-19(8-6-18)34-28(40)33-14-13-22-26(35(33)29(34)41)21-10-9-20(15-24(21)43-30(22,3)4)42-27(39)23(32-17(2)37)11-12-25(31)38/h5-10,13,15,23,26H,11-12,14H2,1-4H3,(H2,31,38)(H,32,37). The van der Waals surface area contributed by atoms with Crippen LogP contribution in [0.5, 0.6) is 11.5 Å². The number of ketones is 1. The van der Waals surface area contributed by atoms with E-state index >= 15 is 0 Å². The van der Waals surface area contributed by atoms with Crippen LogP contribution in [0.25, 0.3) is 5.69 Å². The maximum atomic E-state index is 13.8. The van der Waals surface area contributed by atoms with Crippen molar-refractivity contribution in [2.75, 3.05) is 0 Å². The van der Waals surface area contributed by atoms with E-state index in [2.05, 4.69) is 5.32 Å². The maximum Gasteiger partial charge on any atom is 0.352 e. The highest BCUT2D eigenvalue weighted by Crippen LogP contribution is 2.47. The second kappa shape index (κ2) is 10.9. The van der Waals surface area contributed by atoms with Crippen molar-refractivity contribution in [3.8, 4) is 17.2 Å². The van der Waals surface area contributed by atoms with Crippen LogP contribution in [0.3, 0.4) is 0 Å². The van der Waals surface area contributed by atoms with Crippen molar-refractivity contribution in [1.82, 2.24) is 19.2 Å². The Hall–Kier alpha value is -5.20. The monoisotopic (exact) mass is 589 g/mol. The number of allylic oxidation sites excluding steroid dienone is 1. The molecule has 5 rings (SSSR count). The lowest BCUT2D eigenvalue weighted by molar-refractivity contribution is -0.139. The number of fused-ring (bicyclic) bond motifs is 5. The zero-order chi connectivity index (χ0) is 31.2. The fourth-order valence-corrected chi connectivity index (χ4v) is 5.47. The highest BCUT2D eigenvalue weighted by atomic mass is 16.5. The summed E-state index contributed by atoms with van der Waals surface area (Å²) in [6.07, 6.45) is 1.70. The Morgan fingerprint density at radius 2 is 1.77 bits per heavy atom. The van der Waals surface area contributed by atoms with Gasteiger partial charge in [0, 0.05) is 30.5 Å². The first-order chi connectivity index (χ1) is 20.3. The van der Waals surface area contributed by atoms with Gasteiger partial charge < -0.3 is 20.5 Å². The topological polar surface area (TPSA) is 174 Å². The average molecular weight is 590 g/mol. The molecule has 0 aliphatic carbocycles. The Bertz CT molecular complexity index is 1810. The molecule has 3 aromatic rings. The number of Topliss-reactive ketones (excluding diaryl/α,β-unsaturated/α-hetero) is 1. The number of hydrogen-bond acceptors (Lipinski definition) is 8. The zero-order valence-corrected chi connectivity index (χ0v) is 24.1. The van der Waals surface area contributed by atoms with E-state index < -0.39 is 46.8 Å². The molecule has 43 heavy (non-hydrogen) atoms. The van der Waals surface area contributed by atoms with Gasteiger partial charge in [0.1, 0.15) is 29.2 Å². The van der Waals surface area contributed by atoms with E-state index in [4.69, 9.17) is 15.2 Å². The molecular formula is C30H31N5O8. The summed E-state index contributed by atoms with van der Waals surface area (Å²) in [5.74, 6) is -1.58. The van der Waals surface area contributed by atoms with Crippen molar-refractivity contribution >= 4 is 23.6 Å². The third-order valence-electron chi connectivity index (χ3n) is 7.51. The van der Waals surface area contributed by atoms with Crippen LogP contribution >= 0.6 is 0 Å². The van der Waals surface area contributed by atoms with Crippen molar-refractivity contribution in [3.05, 3.63) is 86.2 Å². The number of aromatic nitrogens is 3. The molecule has 0 fully saturated rings. The van der Waals surface area contributed by atoms with Gasteiger partial charge in [-0.2, -0.15) is 0 Å². The summed E-state index contributed by atoms with van der Waals surface area (Å²) >= 11 is 0. The molecular weight excluding hydrogens is 558 g/mol. The Morgan fingerprint density at radius 3 is 2.40 bits per heavy atom. The van der Waals surface area contributed by atoms with E-state index in [1.54, 1.807) is 30.3 Å². The minimum atomic E-state index is -1.09. The van der Waals surface area contributed by atoms with Gasteiger partial charge in [0.05, 0.1) is 12.2 Å². The number of nitrogens with two attached hydrogens (primary N) is 1. The Kier molecular flexibility index (Phi) is 7.42. The molecule has 2 aliphatic heterocycles. The van der Waals surface area contributed by atoms with Gasteiger partial charge in [0.15, 0.2) is 5.78 Å². The summed E-state index contributed by atoms with van der Waals surface area (Å²) in [7, 11) is 0. The SMILES string of the molecule is CC(=O)NC(CCC(N)=O)C(=O)Oc1ccc2c(c1)OC(C)(C)C1=CCn3c(=O)n(-c4ccc(C(C)=O)cc4)c(=O)n3C12. The fourth-order valence-electron chi connectivity index (χ4n) is 5.47. The summed E-state index contributed by atoms with van der Waals surface area (Å²) in [5, 5.41) is 2.47. The van der Waals surface area contributed by atoms with Crippen LogP contribution in [0.2, 0.25) is 0 Å². The molecule has 2 amide bonds. The lowest BCUT2D eigenvalue weighted by Gasteiger charge is -2.42. The number of carbonyl (C=O) groups is 4. The van der Waals surface area contributed by atoms with Crippen LogP contribution in [-0.2, 0) is 20.9 Å². The number of primary amides is 1. The summed E-state index contributed by atoms with van der Waals surface area (Å²) in [6, 6.07) is 9.12. The number of hydrogen-bond donors (Lipinski definition) is 2. The van der Waals surface area contributed by atoms with Crippen LogP contribution in [0, 0.1) is 0 Å². The predicted molar refractivity (Wildman–Crippen MR) is 153 cm³/mol. The van der Waals surface area contributed by atoms with Gasteiger partial charge in [0.25, 0.3) is 0 Å².